The molecule has 1 amide bonds. The minimum Gasteiger partial charge on any atom is -0.497 e. The Morgan fingerprint density at radius 3 is 2.64 bits per heavy atom. The maximum atomic E-state index is 12.1. The van der Waals surface area contributed by atoms with Crippen LogP contribution in [0.25, 0.3) is 5.69 Å². The molecule has 0 fully saturated rings. The fourth-order valence-electron chi connectivity index (χ4n) is 1.74. The van der Waals surface area contributed by atoms with Crippen molar-refractivity contribution in [1.82, 2.24) is 25.2 Å². The summed E-state index contributed by atoms with van der Waals surface area (Å²) in [5.74, 6) is 0.365. The number of methoxy groups -OCH3 is 1. The summed E-state index contributed by atoms with van der Waals surface area (Å²) in [6.45, 7) is 1.81. The van der Waals surface area contributed by atoms with Crippen molar-refractivity contribution in [3.63, 3.8) is 0 Å². The Morgan fingerprint density at radius 1 is 1.23 bits per heavy atom. The summed E-state index contributed by atoms with van der Waals surface area (Å²) >= 11 is 1.29. The van der Waals surface area contributed by atoms with E-state index in [4.69, 9.17) is 4.74 Å². The molecule has 2 aromatic heterocycles. The molecule has 2 heterocycles. The van der Waals surface area contributed by atoms with Crippen LogP contribution in [0, 0.1) is 6.92 Å². The first-order chi connectivity index (χ1) is 10.7. The zero-order valence-electron chi connectivity index (χ0n) is 11.8. The minimum atomic E-state index is -0.379. The van der Waals surface area contributed by atoms with Gasteiger partial charge in [0.15, 0.2) is 5.69 Å². The molecule has 9 heteroatoms. The highest BCUT2D eigenvalue weighted by Crippen LogP contribution is 2.16. The fraction of sp³-hybridized carbons (Fsp3) is 0.154. The number of anilines is 1. The summed E-state index contributed by atoms with van der Waals surface area (Å²) in [5.41, 5.74) is 0.975. The van der Waals surface area contributed by atoms with Crippen molar-refractivity contribution in [2.45, 2.75) is 6.92 Å². The molecule has 112 valence electrons. The standard InChI is InChI=1S/C13H12N6O2S/c1-8-15-17-13(22-8)14-12(20)11-7-19(18-16-11)9-3-5-10(21-2)6-4-9/h3-7H,1-2H3,(H,14,17,20). The Morgan fingerprint density at radius 2 is 2.00 bits per heavy atom. The molecule has 0 aliphatic carbocycles. The van der Waals surface area contributed by atoms with Gasteiger partial charge in [-0.3, -0.25) is 10.1 Å². The Hall–Kier alpha value is -2.81. The van der Waals surface area contributed by atoms with Gasteiger partial charge in [0, 0.05) is 0 Å². The van der Waals surface area contributed by atoms with Crippen LogP contribution in [0.15, 0.2) is 30.5 Å². The highest BCUT2D eigenvalue weighted by atomic mass is 32.1. The van der Waals surface area contributed by atoms with Crippen molar-refractivity contribution in [3.8, 4) is 11.4 Å². The van der Waals surface area contributed by atoms with Crippen LogP contribution in [0.2, 0.25) is 0 Å². The summed E-state index contributed by atoms with van der Waals surface area (Å²) < 4.78 is 6.61. The average molecular weight is 316 g/mol. The highest BCUT2D eigenvalue weighted by Gasteiger charge is 2.13. The molecule has 0 saturated heterocycles. The third-order valence-electron chi connectivity index (χ3n) is 2.81. The number of rotatable bonds is 4. The van der Waals surface area contributed by atoms with Crippen molar-refractivity contribution in [1.29, 1.82) is 0 Å². The van der Waals surface area contributed by atoms with E-state index < -0.39 is 0 Å². The zero-order valence-corrected chi connectivity index (χ0v) is 12.7. The van der Waals surface area contributed by atoms with Gasteiger partial charge in [-0.1, -0.05) is 16.6 Å². The van der Waals surface area contributed by atoms with E-state index in [1.807, 2.05) is 19.1 Å². The molecule has 1 N–H and O–H groups in total. The van der Waals surface area contributed by atoms with Crippen LogP contribution in [-0.2, 0) is 0 Å². The number of aromatic nitrogens is 5. The predicted molar refractivity (Wildman–Crippen MR) is 80.5 cm³/mol. The van der Waals surface area contributed by atoms with Gasteiger partial charge in [-0.2, -0.15) is 0 Å². The van der Waals surface area contributed by atoms with Crippen LogP contribution in [0.4, 0.5) is 5.13 Å². The largest absolute Gasteiger partial charge is 0.497 e. The molecule has 0 bridgehead atoms. The van der Waals surface area contributed by atoms with Gasteiger partial charge in [0.05, 0.1) is 19.0 Å². The molecule has 0 aliphatic heterocycles. The third kappa shape index (κ3) is 2.93. The number of carbonyl (C=O) groups is 1. The van der Waals surface area contributed by atoms with Crippen molar-refractivity contribution in [2.75, 3.05) is 12.4 Å². The Balaban J connectivity index is 1.76. The van der Waals surface area contributed by atoms with Crippen LogP contribution in [-0.4, -0.2) is 38.2 Å². The topological polar surface area (TPSA) is 94.8 Å². The smallest absolute Gasteiger partial charge is 0.279 e. The van der Waals surface area contributed by atoms with E-state index in [1.54, 1.807) is 25.4 Å². The number of carbonyl (C=O) groups excluding carboxylic acids is 1. The molecule has 1 aromatic carbocycles. The fourth-order valence-corrected chi connectivity index (χ4v) is 2.32. The number of hydrogen-bond acceptors (Lipinski definition) is 7. The molecular weight excluding hydrogens is 304 g/mol. The molecule has 0 aliphatic rings. The molecule has 3 aromatic rings. The van der Waals surface area contributed by atoms with E-state index in [0.717, 1.165) is 16.4 Å². The summed E-state index contributed by atoms with van der Waals surface area (Å²) in [4.78, 5) is 12.1. The van der Waals surface area contributed by atoms with Crippen molar-refractivity contribution < 1.29 is 9.53 Å². The quantitative estimate of drug-likeness (QED) is 0.787. The number of aryl methyl sites for hydroxylation is 1. The van der Waals surface area contributed by atoms with Crippen LogP contribution in [0.5, 0.6) is 5.75 Å². The highest BCUT2D eigenvalue weighted by molar-refractivity contribution is 7.15. The molecule has 22 heavy (non-hydrogen) atoms. The normalized spacial score (nSPS) is 10.5. The van der Waals surface area contributed by atoms with Gasteiger partial charge in [-0.15, -0.1) is 15.3 Å². The van der Waals surface area contributed by atoms with E-state index in [1.165, 1.54) is 16.0 Å². The third-order valence-corrected chi connectivity index (χ3v) is 3.56. The van der Waals surface area contributed by atoms with Gasteiger partial charge in [0.25, 0.3) is 5.91 Å². The van der Waals surface area contributed by atoms with Gasteiger partial charge in [0.2, 0.25) is 5.13 Å². The number of ether oxygens (including phenoxy) is 1. The van der Waals surface area contributed by atoms with Crippen LogP contribution < -0.4 is 10.1 Å². The Bertz CT molecular complexity index is 795. The summed E-state index contributed by atoms with van der Waals surface area (Å²) in [7, 11) is 1.60. The SMILES string of the molecule is COc1ccc(-n2cc(C(=O)Nc3nnc(C)s3)nn2)cc1. The van der Waals surface area contributed by atoms with Crippen LogP contribution >= 0.6 is 11.3 Å². The molecular formula is C13H12N6O2S. The van der Waals surface area contributed by atoms with Crippen molar-refractivity contribution in [2.24, 2.45) is 0 Å². The molecule has 3 rings (SSSR count). The maximum Gasteiger partial charge on any atom is 0.279 e. The van der Waals surface area contributed by atoms with E-state index in [2.05, 4.69) is 25.8 Å². The zero-order chi connectivity index (χ0) is 15.5. The van der Waals surface area contributed by atoms with Crippen molar-refractivity contribution in [3.05, 3.63) is 41.2 Å². The van der Waals surface area contributed by atoms with Crippen LogP contribution in [0.1, 0.15) is 15.5 Å². The van der Waals surface area contributed by atoms with Gasteiger partial charge in [0.1, 0.15) is 10.8 Å². The second kappa shape index (κ2) is 5.90. The number of nitrogens with zero attached hydrogens (tertiary/aromatic N) is 5. The molecule has 0 radical (unpaired) electrons. The lowest BCUT2D eigenvalue weighted by atomic mass is 10.3. The molecule has 0 unspecified atom stereocenters. The van der Waals surface area contributed by atoms with Gasteiger partial charge in [-0.25, -0.2) is 4.68 Å². The summed E-state index contributed by atoms with van der Waals surface area (Å²) in [6.07, 6.45) is 1.55. The van der Waals surface area contributed by atoms with Crippen LogP contribution in [0.3, 0.4) is 0 Å². The van der Waals surface area contributed by atoms with E-state index in [0.29, 0.717) is 5.13 Å². The molecule has 0 spiro atoms. The predicted octanol–water partition coefficient (Wildman–Crippen LogP) is 1.69. The minimum absolute atomic E-state index is 0.198. The monoisotopic (exact) mass is 316 g/mol. The molecule has 8 nitrogen and oxygen atoms in total. The lowest BCUT2D eigenvalue weighted by molar-refractivity contribution is 0.102. The van der Waals surface area contributed by atoms with E-state index in [-0.39, 0.29) is 11.6 Å². The van der Waals surface area contributed by atoms with Crippen molar-refractivity contribution >= 4 is 22.4 Å². The second-order valence-electron chi connectivity index (χ2n) is 4.33. The lowest BCUT2D eigenvalue weighted by Crippen LogP contribution is -2.12. The number of benzene rings is 1. The lowest BCUT2D eigenvalue weighted by Gasteiger charge is -2.02. The van der Waals surface area contributed by atoms with E-state index in [9.17, 15) is 4.79 Å². The summed E-state index contributed by atoms with van der Waals surface area (Å²) in [6, 6.07) is 7.26. The maximum absolute atomic E-state index is 12.1. The molecule has 0 atom stereocenters. The van der Waals surface area contributed by atoms with E-state index >= 15 is 0 Å². The number of nitrogens with one attached hydrogen (secondary N) is 1. The Labute approximate surface area is 129 Å². The van der Waals surface area contributed by atoms with Gasteiger partial charge in [-0.05, 0) is 31.2 Å². The first-order valence-corrected chi connectivity index (χ1v) is 7.15. The summed E-state index contributed by atoms with van der Waals surface area (Å²) in [5, 5.41) is 19.3. The number of amides is 1. The first kappa shape index (κ1) is 14.1. The number of hydrogen-bond donors (Lipinski definition) is 1. The first-order valence-electron chi connectivity index (χ1n) is 6.34. The average Bonchev–Trinajstić information content (AvgIpc) is 3.17. The molecule has 0 saturated carbocycles. The van der Waals surface area contributed by atoms with Gasteiger partial charge >= 0.3 is 0 Å². The Kier molecular flexibility index (Phi) is 3.79. The second-order valence-corrected chi connectivity index (χ2v) is 5.51. The van der Waals surface area contributed by atoms with Gasteiger partial charge < -0.3 is 4.74 Å².